The minimum atomic E-state index is -1.02. The van der Waals surface area contributed by atoms with Crippen LogP contribution in [0.3, 0.4) is 0 Å². The maximum absolute atomic E-state index is 12.6. The first-order valence-electron chi connectivity index (χ1n) is 8.18. The third-order valence-corrected chi connectivity index (χ3v) is 5.71. The number of nitrogens with one attached hydrogen (secondary N) is 2. The predicted octanol–water partition coefficient (Wildman–Crippen LogP) is 1.61. The van der Waals surface area contributed by atoms with E-state index in [1.807, 2.05) is 19.9 Å². The number of ether oxygens (including phenoxy) is 1. The molecule has 2 fully saturated rings. The lowest BCUT2D eigenvalue weighted by atomic mass is 9.68. The number of ketones is 1. The predicted molar refractivity (Wildman–Crippen MR) is 86.8 cm³/mol. The second-order valence-corrected chi connectivity index (χ2v) is 7.09. The van der Waals surface area contributed by atoms with E-state index in [-0.39, 0.29) is 23.7 Å². The molecule has 6 nitrogen and oxygen atoms in total. The van der Waals surface area contributed by atoms with Crippen molar-refractivity contribution in [1.82, 2.24) is 10.9 Å². The van der Waals surface area contributed by atoms with Crippen LogP contribution in [0.1, 0.15) is 33.1 Å². The first-order valence-corrected chi connectivity index (χ1v) is 8.18. The highest BCUT2D eigenvalue weighted by Crippen LogP contribution is 2.63. The molecule has 2 unspecified atom stereocenters. The van der Waals surface area contributed by atoms with Gasteiger partial charge in [-0.25, -0.2) is 0 Å². The van der Waals surface area contributed by atoms with Crippen molar-refractivity contribution in [2.24, 2.45) is 16.7 Å². The van der Waals surface area contributed by atoms with E-state index in [1.54, 1.807) is 24.3 Å². The maximum Gasteiger partial charge on any atom is 0.276 e. The van der Waals surface area contributed by atoms with Gasteiger partial charge in [0.05, 0.1) is 0 Å². The molecule has 2 amide bonds. The first-order chi connectivity index (χ1) is 11.4. The number of carbonyl (C=O) groups is 3. The summed E-state index contributed by atoms with van der Waals surface area (Å²) < 4.78 is 5.32. The van der Waals surface area contributed by atoms with E-state index in [9.17, 15) is 14.4 Å². The number of hydrogen-bond donors (Lipinski definition) is 2. The Balaban J connectivity index is 1.56. The molecule has 2 saturated carbocycles. The summed E-state index contributed by atoms with van der Waals surface area (Å²) in [6.45, 7) is 3.72. The largest absolute Gasteiger partial charge is 0.484 e. The lowest BCUT2D eigenvalue weighted by molar-refractivity contribution is -0.147. The number of carbonyl (C=O) groups excluding carboxylic acids is 3. The molecule has 2 aliphatic carbocycles. The molecule has 2 N–H and O–H groups in total. The molecule has 24 heavy (non-hydrogen) atoms. The van der Waals surface area contributed by atoms with E-state index in [0.29, 0.717) is 18.6 Å². The Morgan fingerprint density at radius 3 is 2.50 bits per heavy atom. The molecule has 0 saturated heterocycles. The molecule has 0 radical (unpaired) electrons. The van der Waals surface area contributed by atoms with Gasteiger partial charge in [0.15, 0.2) is 6.61 Å². The van der Waals surface area contributed by atoms with Crippen LogP contribution >= 0.6 is 0 Å². The number of fused-ring (bicyclic) bond motifs is 2. The van der Waals surface area contributed by atoms with Crippen LogP contribution in [0.2, 0.25) is 0 Å². The Labute approximate surface area is 140 Å². The van der Waals surface area contributed by atoms with Gasteiger partial charge in [-0.3, -0.25) is 25.2 Å². The van der Waals surface area contributed by atoms with Crippen molar-refractivity contribution in [3.8, 4) is 5.75 Å². The third-order valence-electron chi connectivity index (χ3n) is 5.71. The molecule has 3 rings (SSSR count). The van der Waals surface area contributed by atoms with E-state index in [2.05, 4.69) is 10.9 Å². The summed E-state index contributed by atoms with van der Waals surface area (Å²) >= 11 is 0. The normalized spacial score (nSPS) is 26.9. The highest BCUT2D eigenvalue weighted by molar-refractivity contribution is 6.09. The van der Waals surface area contributed by atoms with Gasteiger partial charge in [0.1, 0.15) is 16.9 Å². The fourth-order valence-electron chi connectivity index (χ4n) is 4.14. The molecular weight excluding hydrogens is 308 g/mol. The van der Waals surface area contributed by atoms with Gasteiger partial charge in [-0.1, -0.05) is 32.0 Å². The second kappa shape index (κ2) is 5.92. The van der Waals surface area contributed by atoms with Gasteiger partial charge < -0.3 is 4.74 Å². The highest BCUT2D eigenvalue weighted by atomic mass is 16.5. The van der Waals surface area contributed by atoms with Crippen molar-refractivity contribution in [2.75, 3.05) is 6.61 Å². The smallest absolute Gasteiger partial charge is 0.276 e. The number of Topliss-reactive ketones (excluding diaryl/α,β-unsaturated/α-hetero) is 1. The molecule has 0 spiro atoms. The second-order valence-electron chi connectivity index (χ2n) is 7.09. The standard InChI is InChI=1S/C18H22N2O4/c1-17(2)12-8-9-18(17,14(21)10-12)16(23)20-19-15(22)11-24-13-6-4-3-5-7-13/h3-7,12H,8-11H2,1-2H3,(H,19,22)(H,20,23). The third kappa shape index (κ3) is 2.46. The zero-order chi connectivity index (χ0) is 17.4. The lowest BCUT2D eigenvalue weighted by Crippen LogP contribution is -2.55. The van der Waals surface area contributed by atoms with Crippen molar-refractivity contribution in [3.05, 3.63) is 30.3 Å². The van der Waals surface area contributed by atoms with Gasteiger partial charge in [0.25, 0.3) is 11.8 Å². The van der Waals surface area contributed by atoms with Crippen molar-refractivity contribution in [2.45, 2.75) is 33.1 Å². The highest BCUT2D eigenvalue weighted by Gasteiger charge is 2.68. The Kier molecular flexibility index (Phi) is 4.07. The monoisotopic (exact) mass is 330 g/mol. The summed E-state index contributed by atoms with van der Waals surface area (Å²) in [6, 6.07) is 8.94. The van der Waals surface area contributed by atoms with Crippen molar-refractivity contribution >= 4 is 17.6 Å². The molecule has 1 aromatic rings. The van der Waals surface area contributed by atoms with Crippen LogP contribution < -0.4 is 15.6 Å². The van der Waals surface area contributed by atoms with Gasteiger partial charge >= 0.3 is 0 Å². The van der Waals surface area contributed by atoms with E-state index in [4.69, 9.17) is 4.74 Å². The van der Waals surface area contributed by atoms with Gasteiger partial charge in [0.2, 0.25) is 0 Å². The molecule has 0 heterocycles. The van der Waals surface area contributed by atoms with Crippen LogP contribution in [0.25, 0.3) is 0 Å². The molecule has 2 bridgehead atoms. The summed E-state index contributed by atoms with van der Waals surface area (Å²) in [5.41, 5.74) is 3.38. The fraction of sp³-hybridized carbons (Fsp3) is 0.500. The molecule has 128 valence electrons. The Hall–Kier alpha value is -2.37. The van der Waals surface area contributed by atoms with Crippen LogP contribution in [-0.2, 0) is 14.4 Å². The van der Waals surface area contributed by atoms with E-state index in [0.717, 1.165) is 6.42 Å². The fourth-order valence-corrected chi connectivity index (χ4v) is 4.14. The Morgan fingerprint density at radius 2 is 1.92 bits per heavy atom. The molecule has 0 aliphatic heterocycles. The molecule has 0 aromatic heterocycles. The van der Waals surface area contributed by atoms with Gasteiger partial charge in [-0.05, 0) is 36.3 Å². The van der Waals surface area contributed by atoms with Gasteiger partial charge in [-0.2, -0.15) is 0 Å². The molecule has 1 aromatic carbocycles. The van der Waals surface area contributed by atoms with Crippen LogP contribution in [0.5, 0.6) is 5.75 Å². The van der Waals surface area contributed by atoms with Crippen LogP contribution in [0, 0.1) is 16.7 Å². The van der Waals surface area contributed by atoms with E-state index in [1.165, 1.54) is 0 Å². The number of amides is 2. The van der Waals surface area contributed by atoms with Crippen LogP contribution in [0.15, 0.2) is 30.3 Å². The number of hydrazine groups is 1. The molecule has 2 aliphatic rings. The Morgan fingerprint density at radius 1 is 1.21 bits per heavy atom. The summed E-state index contributed by atoms with van der Waals surface area (Å²) in [5.74, 6) is -0.0841. The summed E-state index contributed by atoms with van der Waals surface area (Å²) in [6.07, 6.45) is 1.87. The molecular formula is C18H22N2O4. The van der Waals surface area contributed by atoms with Crippen LogP contribution in [-0.4, -0.2) is 24.2 Å². The van der Waals surface area contributed by atoms with Crippen molar-refractivity contribution in [3.63, 3.8) is 0 Å². The summed E-state index contributed by atoms with van der Waals surface area (Å²) in [5, 5.41) is 0. The zero-order valence-electron chi connectivity index (χ0n) is 13.9. The quantitative estimate of drug-likeness (QED) is 0.649. The minimum Gasteiger partial charge on any atom is -0.484 e. The lowest BCUT2D eigenvalue weighted by Gasteiger charge is -2.34. The summed E-state index contributed by atoms with van der Waals surface area (Å²) in [4.78, 5) is 36.9. The number of hydrogen-bond acceptors (Lipinski definition) is 4. The molecule has 6 heteroatoms. The van der Waals surface area contributed by atoms with Crippen molar-refractivity contribution < 1.29 is 19.1 Å². The van der Waals surface area contributed by atoms with E-state index >= 15 is 0 Å². The zero-order valence-corrected chi connectivity index (χ0v) is 13.9. The average molecular weight is 330 g/mol. The SMILES string of the molecule is CC1(C)C2CCC1(C(=O)NNC(=O)COc1ccccc1)C(=O)C2. The topological polar surface area (TPSA) is 84.5 Å². The number of rotatable bonds is 4. The Bertz CT molecular complexity index is 671. The number of para-hydroxylation sites is 1. The molecule has 2 atom stereocenters. The summed E-state index contributed by atoms with van der Waals surface area (Å²) in [7, 11) is 0. The number of benzene rings is 1. The van der Waals surface area contributed by atoms with E-state index < -0.39 is 17.2 Å². The van der Waals surface area contributed by atoms with Crippen LogP contribution in [0.4, 0.5) is 0 Å². The average Bonchev–Trinajstić information content (AvgIpc) is 2.94. The first kappa shape index (κ1) is 16.5. The van der Waals surface area contributed by atoms with Crippen molar-refractivity contribution in [1.29, 1.82) is 0 Å². The minimum absolute atomic E-state index is 0.0176. The van der Waals surface area contributed by atoms with Gasteiger partial charge in [-0.15, -0.1) is 0 Å². The van der Waals surface area contributed by atoms with Gasteiger partial charge in [0, 0.05) is 6.42 Å². The maximum atomic E-state index is 12.6.